The number of anilines is 1. The number of nitrogens with two attached hydrogens (primary N) is 1. The van der Waals surface area contributed by atoms with E-state index in [4.69, 9.17) is 10.5 Å². The van der Waals surface area contributed by atoms with Crippen molar-refractivity contribution in [3.05, 3.63) is 36.7 Å². The summed E-state index contributed by atoms with van der Waals surface area (Å²) in [7, 11) is 1.57. The molecule has 1 aromatic heterocycles. The van der Waals surface area contributed by atoms with Crippen molar-refractivity contribution in [3.63, 3.8) is 0 Å². The van der Waals surface area contributed by atoms with E-state index in [1.165, 1.54) is 0 Å². The highest BCUT2D eigenvalue weighted by Crippen LogP contribution is 2.25. The first-order chi connectivity index (χ1) is 7.31. The molecule has 0 amide bonds. The van der Waals surface area contributed by atoms with E-state index in [9.17, 15) is 0 Å². The van der Waals surface area contributed by atoms with Gasteiger partial charge >= 0.3 is 0 Å². The Hall–Kier alpha value is -2.10. The van der Waals surface area contributed by atoms with Gasteiger partial charge < -0.3 is 10.5 Å². The lowest BCUT2D eigenvalue weighted by Crippen LogP contribution is -1.94. The van der Waals surface area contributed by atoms with E-state index < -0.39 is 0 Å². The van der Waals surface area contributed by atoms with Crippen molar-refractivity contribution in [3.8, 4) is 17.1 Å². The first-order valence-electron chi connectivity index (χ1n) is 4.52. The largest absolute Gasteiger partial charge is 0.479 e. The fourth-order valence-corrected chi connectivity index (χ4v) is 1.36. The highest BCUT2D eigenvalue weighted by molar-refractivity contribution is 5.67. The fourth-order valence-electron chi connectivity index (χ4n) is 1.36. The monoisotopic (exact) mass is 201 g/mol. The lowest BCUT2D eigenvalue weighted by Gasteiger charge is -2.05. The summed E-state index contributed by atoms with van der Waals surface area (Å²) >= 11 is 0. The summed E-state index contributed by atoms with van der Waals surface area (Å²) in [5.74, 6) is 0.503. The molecule has 0 spiro atoms. The zero-order valence-corrected chi connectivity index (χ0v) is 8.34. The Balaban J connectivity index is 2.53. The van der Waals surface area contributed by atoms with Crippen LogP contribution < -0.4 is 10.5 Å². The van der Waals surface area contributed by atoms with Gasteiger partial charge in [0.2, 0.25) is 5.88 Å². The molecule has 15 heavy (non-hydrogen) atoms. The molecule has 0 aliphatic rings. The molecular weight excluding hydrogens is 190 g/mol. The van der Waals surface area contributed by atoms with E-state index in [0.29, 0.717) is 17.3 Å². The Morgan fingerprint density at radius 3 is 2.73 bits per heavy atom. The van der Waals surface area contributed by atoms with E-state index in [1.54, 1.807) is 19.5 Å². The third kappa shape index (κ3) is 1.88. The number of ether oxygens (including phenoxy) is 1. The average Bonchev–Trinajstić information content (AvgIpc) is 2.29. The predicted octanol–water partition coefficient (Wildman–Crippen LogP) is 1.73. The molecular formula is C11H11N3O. The molecule has 0 unspecified atom stereocenters. The van der Waals surface area contributed by atoms with Crippen molar-refractivity contribution >= 4 is 5.69 Å². The van der Waals surface area contributed by atoms with Gasteiger partial charge in [0.1, 0.15) is 5.69 Å². The van der Waals surface area contributed by atoms with Gasteiger partial charge in [-0.1, -0.05) is 12.1 Å². The van der Waals surface area contributed by atoms with Crippen LogP contribution in [0.3, 0.4) is 0 Å². The minimum Gasteiger partial charge on any atom is -0.479 e. The Bertz CT molecular complexity index is 471. The van der Waals surface area contributed by atoms with Crippen molar-refractivity contribution in [2.45, 2.75) is 0 Å². The van der Waals surface area contributed by atoms with Crippen LogP contribution in [0.4, 0.5) is 5.69 Å². The van der Waals surface area contributed by atoms with Gasteiger partial charge in [-0.2, -0.15) is 0 Å². The van der Waals surface area contributed by atoms with E-state index >= 15 is 0 Å². The maximum absolute atomic E-state index is 5.70. The number of nitrogens with zero attached hydrogens (tertiary/aromatic N) is 2. The molecule has 0 aliphatic carbocycles. The van der Waals surface area contributed by atoms with Gasteiger partial charge in [0.15, 0.2) is 0 Å². The van der Waals surface area contributed by atoms with Crippen molar-refractivity contribution < 1.29 is 4.74 Å². The summed E-state index contributed by atoms with van der Waals surface area (Å²) in [6.45, 7) is 0. The number of aromatic nitrogens is 2. The minimum atomic E-state index is 0.503. The Kier molecular flexibility index (Phi) is 2.49. The highest BCUT2D eigenvalue weighted by atomic mass is 16.5. The quantitative estimate of drug-likeness (QED) is 0.752. The van der Waals surface area contributed by atoms with Crippen molar-refractivity contribution in [2.24, 2.45) is 0 Å². The van der Waals surface area contributed by atoms with Gasteiger partial charge in [0, 0.05) is 23.6 Å². The molecule has 0 saturated heterocycles. The SMILES string of the molecule is COc1nccnc1-c1cccc(N)c1. The Morgan fingerprint density at radius 1 is 1.20 bits per heavy atom. The first kappa shape index (κ1) is 9.45. The summed E-state index contributed by atoms with van der Waals surface area (Å²) < 4.78 is 5.13. The van der Waals surface area contributed by atoms with Crippen LogP contribution in [0, 0.1) is 0 Å². The average molecular weight is 201 g/mol. The maximum atomic E-state index is 5.70. The molecule has 4 nitrogen and oxygen atoms in total. The molecule has 4 heteroatoms. The molecule has 0 aliphatic heterocycles. The van der Waals surface area contributed by atoms with E-state index in [0.717, 1.165) is 5.56 Å². The second-order valence-corrected chi connectivity index (χ2v) is 3.04. The van der Waals surface area contributed by atoms with Gasteiger partial charge in [0.05, 0.1) is 7.11 Å². The predicted molar refractivity (Wildman–Crippen MR) is 58.4 cm³/mol. The number of hydrogen-bond acceptors (Lipinski definition) is 4. The summed E-state index contributed by atoms with van der Waals surface area (Å²) in [6.07, 6.45) is 3.22. The zero-order valence-electron chi connectivity index (χ0n) is 8.34. The van der Waals surface area contributed by atoms with Crippen LogP contribution in [0.25, 0.3) is 11.3 Å². The van der Waals surface area contributed by atoms with Gasteiger partial charge in [-0.15, -0.1) is 0 Å². The molecule has 2 aromatic rings. The van der Waals surface area contributed by atoms with Gasteiger partial charge in [-0.25, -0.2) is 9.97 Å². The second kappa shape index (κ2) is 3.96. The summed E-state index contributed by atoms with van der Waals surface area (Å²) in [6, 6.07) is 7.46. The Labute approximate surface area is 87.7 Å². The van der Waals surface area contributed by atoms with E-state index in [1.807, 2.05) is 24.3 Å². The van der Waals surface area contributed by atoms with Crippen LogP contribution in [0.1, 0.15) is 0 Å². The van der Waals surface area contributed by atoms with Crippen molar-refractivity contribution in [1.29, 1.82) is 0 Å². The summed E-state index contributed by atoms with van der Waals surface area (Å²) in [5, 5.41) is 0. The maximum Gasteiger partial charge on any atom is 0.240 e. The molecule has 0 fully saturated rings. The van der Waals surface area contributed by atoms with Gasteiger partial charge in [-0.3, -0.25) is 0 Å². The lowest BCUT2D eigenvalue weighted by molar-refractivity contribution is 0.398. The van der Waals surface area contributed by atoms with Crippen molar-refractivity contribution in [1.82, 2.24) is 9.97 Å². The van der Waals surface area contributed by atoms with Crippen molar-refractivity contribution in [2.75, 3.05) is 12.8 Å². The fraction of sp³-hybridized carbons (Fsp3) is 0.0909. The van der Waals surface area contributed by atoms with Crippen LogP contribution in [0.15, 0.2) is 36.7 Å². The summed E-state index contributed by atoms with van der Waals surface area (Å²) in [4.78, 5) is 8.30. The van der Waals surface area contributed by atoms with Crippen LogP contribution >= 0.6 is 0 Å². The number of benzene rings is 1. The third-order valence-electron chi connectivity index (χ3n) is 2.02. The van der Waals surface area contributed by atoms with Gasteiger partial charge in [0.25, 0.3) is 0 Å². The van der Waals surface area contributed by atoms with Crippen LogP contribution in [-0.2, 0) is 0 Å². The molecule has 1 heterocycles. The molecule has 0 atom stereocenters. The molecule has 0 saturated carbocycles. The third-order valence-corrected chi connectivity index (χ3v) is 2.02. The number of methoxy groups -OCH3 is 1. The second-order valence-electron chi connectivity index (χ2n) is 3.04. The molecule has 2 N–H and O–H groups in total. The first-order valence-corrected chi connectivity index (χ1v) is 4.52. The van der Waals surface area contributed by atoms with E-state index in [2.05, 4.69) is 9.97 Å². The standard InChI is InChI=1S/C11H11N3O/c1-15-11-10(13-5-6-14-11)8-3-2-4-9(12)7-8/h2-7H,12H2,1H3. The van der Waals surface area contributed by atoms with E-state index in [-0.39, 0.29) is 0 Å². The molecule has 1 aromatic carbocycles. The number of nitrogen functional groups attached to an aromatic ring is 1. The molecule has 0 bridgehead atoms. The topological polar surface area (TPSA) is 61.0 Å². The number of hydrogen-bond donors (Lipinski definition) is 1. The number of rotatable bonds is 2. The molecule has 76 valence electrons. The Morgan fingerprint density at radius 2 is 2.00 bits per heavy atom. The highest BCUT2D eigenvalue weighted by Gasteiger charge is 2.07. The normalized spacial score (nSPS) is 9.93. The smallest absolute Gasteiger partial charge is 0.240 e. The molecule has 0 radical (unpaired) electrons. The van der Waals surface area contributed by atoms with Crippen LogP contribution in [-0.4, -0.2) is 17.1 Å². The van der Waals surface area contributed by atoms with Crippen LogP contribution in [0.2, 0.25) is 0 Å². The van der Waals surface area contributed by atoms with Crippen LogP contribution in [0.5, 0.6) is 5.88 Å². The zero-order chi connectivity index (χ0) is 10.7. The lowest BCUT2D eigenvalue weighted by atomic mass is 10.1. The van der Waals surface area contributed by atoms with Gasteiger partial charge in [-0.05, 0) is 12.1 Å². The minimum absolute atomic E-state index is 0.503. The summed E-state index contributed by atoms with van der Waals surface area (Å²) in [5.41, 5.74) is 8.00. The molecule has 2 rings (SSSR count).